The van der Waals surface area contributed by atoms with Crippen molar-refractivity contribution in [2.75, 3.05) is 13.1 Å². The Kier molecular flexibility index (Phi) is 6.66. The number of hydrogen-bond donors (Lipinski definition) is 0. The second kappa shape index (κ2) is 8.29. The number of piperidine rings is 1. The molecule has 2 rings (SSSR count). The first-order valence-electron chi connectivity index (χ1n) is 9.02. The third-order valence-electron chi connectivity index (χ3n) is 4.72. The monoisotopic (exact) mass is 337 g/mol. The van der Waals surface area contributed by atoms with Crippen molar-refractivity contribution in [3.63, 3.8) is 0 Å². The van der Waals surface area contributed by atoms with E-state index in [1.807, 2.05) is 12.1 Å². The summed E-state index contributed by atoms with van der Waals surface area (Å²) < 4.78 is 27.3. The summed E-state index contributed by atoms with van der Waals surface area (Å²) in [6.07, 6.45) is 7.10. The van der Waals surface area contributed by atoms with E-state index < -0.39 is 10.0 Å². The van der Waals surface area contributed by atoms with E-state index in [2.05, 4.69) is 20.8 Å². The molecule has 3 nitrogen and oxygen atoms in total. The van der Waals surface area contributed by atoms with Crippen LogP contribution in [0.25, 0.3) is 0 Å². The Bertz CT molecular complexity index is 570. The van der Waals surface area contributed by atoms with Gasteiger partial charge < -0.3 is 0 Å². The Hall–Kier alpha value is -0.870. The largest absolute Gasteiger partial charge is 0.243 e. The van der Waals surface area contributed by atoms with E-state index in [0.29, 0.717) is 29.8 Å². The van der Waals surface area contributed by atoms with Gasteiger partial charge >= 0.3 is 0 Å². The molecular formula is C19H31NO2S. The molecule has 1 heterocycles. The van der Waals surface area contributed by atoms with Crippen LogP contribution in [0, 0.1) is 11.8 Å². The van der Waals surface area contributed by atoms with Crippen LogP contribution in [0.2, 0.25) is 0 Å². The SMILES string of the molecule is CCCCCCc1ccc(S(=O)(=O)N2CC(C)CC(C)C2)cc1. The molecule has 0 aromatic heterocycles. The van der Waals surface area contributed by atoms with E-state index in [0.717, 1.165) is 12.8 Å². The molecule has 0 aliphatic carbocycles. The predicted octanol–water partition coefficient (Wildman–Crippen LogP) is 4.48. The molecule has 1 aromatic carbocycles. The summed E-state index contributed by atoms with van der Waals surface area (Å²) in [5, 5.41) is 0. The van der Waals surface area contributed by atoms with Gasteiger partial charge in [0.15, 0.2) is 0 Å². The van der Waals surface area contributed by atoms with Gasteiger partial charge in [-0.3, -0.25) is 0 Å². The minimum atomic E-state index is -3.34. The summed E-state index contributed by atoms with van der Waals surface area (Å²) in [5.74, 6) is 0.873. The lowest BCUT2D eigenvalue weighted by molar-refractivity contribution is 0.222. The number of sulfonamides is 1. The van der Waals surface area contributed by atoms with Crippen molar-refractivity contribution in [1.29, 1.82) is 0 Å². The topological polar surface area (TPSA) is 37.4 Å². The quantitative estimate of drug-likeness (QED) is 0.688. The molecule has 23 heavy (non-hydrogen) atoms. The average molecular weight is 338 g/mol. The number of nitrogens with zero attached hydrogens (tertiary/aromatic N) is 1. The third-order valence-corrected chi connectivity index (χ3v) is 6.56. The van der Waals surface area contributed by atoms with Gasteiger partial charge in [-0.1, -0.05) is 52.2 Å². The first kappa shape index (κ1) is 18.5. The highest BCUT2D eigenvalue weighted by molar-refractivity contribution is 7.89. The summed E-state index contributed by atoms with van der Waals surface area (Å²) in [4.78, 5) is 0.441. The summed E-state index contributed by atoms with van der Waals surface area (Å²) in [6, 6.07) is 7.54. The Morgan fingerprint density at radius 2 is 1.61 bits per heavy atom. The van der Waals surface area contributed by atoms with Gasteiger partial charge in [0.2, 0.25) is 10.0 Å². The van der Waals surface area contributed by atoms with Gasteiger partial charge in [-0.15, -0.1) is 0 Å². The summed E-state index contributed by atoms with van der Waals surface area (Å²) in [6.45, 7) is 7.77. The fourth-order valence-corrected chi connectivity index (χ4v) is 5.21. The molecule has 1 aromatic rings. The smallest absolute Gasteiger partial charge is 0.207 e. The van der Waals surface area contributed by atoms with E-state index in [1.54, 1.807) is 16.4 Å². The third kappa shape index (κ3) is 5.05. The lowest BCUT2D eigenvalue weighted by Gasteiger charge is -2.34. The fraction of sp³-hybridized carbons (Fsp3) is 0.684. The van der Waals surface area contributed by atoms with Gasteiger partial charge in [0.05, 0.1) is 4.90 Å². The van der Waals surface area contributed by atoms with Crippen LogP contribution in [-0.4, -0.2) is 25.8 Å². The minimum Gasteiger partial charge on any atom is -0.207 e. The second-order valence-corrected chi connectivity index (χ2v) is 9.16. The molecule has 0 saturated carbocycles. The van der Waals surface area contributed by atoms with Gasteiger partial charge in [-0.25, -0.2) is 8.42 Å². The molecule has 0 spiro atoms. The molecule has 2 unspecified atom stereocenters. The van der Waals surface area contributed by atoms with Crippen molar-refractivity contribution in [3.8, 4) is 0 Å². The number of benzene rings is 1. The van der Waals surface area contributed by atoms with Gasteiger partial charge in [0, 0.05) is 13.1 Å². The average Bonchev–Trinajstić information content (AvgIpc) is 2.51. The van der Waals surface area contributed by atoms with Gasteiger partial charge in [-0.2, -0.15) is 4.31 Å². The molecule has 2 atom stereocenters. The van der Waals surface area contributed by atoms with Crippen molar-refractivity contribution < 1.29 is 8.42 Å². The van der Waals surface area contributed by atoms with Crippen molar-refractivity contribution in [2.24, 2.45) is 11.8 Å². The number of rotatable bonds is 7. The molecule has 1 aliphatic heterocycles. The number of hydrogen-bond acceptors (Lipinski definition) is 2. The van der Waals surface area contributed by atoms with E-state index in [9.17, 15) is 8.42 Å². The van der Waals surface area contributed by atoms with Gasteiger partial charge in [-0.05, 0) is 48.8 Å². The van der Waals surface area contributed by atoms with Gasteiger partial charge in [0.1, 0.15) is 0 Å². The maximum atomic E-state index is 12.8. The van der Waals surface area contributed by atoms with Crippen LogP contribution in [0.3, 0.4) is 0 Å². The molecule has 4 heteroatoms. The first-order valence-corrected chi connectivity index (χ1v) is 10.5. The fourth-order valence-electron chi connectivity index (χ4n) is 3.54. The lowest BCUT2D eigenvalue weighted by Crippen LogP contribution is -2.42. The van der Waals surface area contributed by atoms with E-state index in [-0.39, 0.29) is 0 Å². The van der Waals surface area contributed by atoms with Gasteiger partial charge in [0.25, 0.3) is 0 Å². The molecule has 1 fully saturated rings. The highest BCUT2D eigenvalue weighted by Gasteiger charge is 2.31. The molecule has 1 saturated heterocycles. The van der Waals surface area contributed by atoms with Crippen LogP contribution in [0.1, 0.15) is 58.4 Å². The maximum absolute atomic E-state index is 12.8. The zero-order chi connectivity index (χ0) is 16.9. The Morgan fingerprint density at radius 3 is 2.17 bits per heavy atom. The second-order valence-electron chi connectivity index (χ2n) is 7.22. The summed E-state index contributed by atoms with van der Waals surface area (Å²) >= 11 is 0. The standard InChI is InChI=1S/C19H31NO2S/c1-4-5-6-7-8-18-9-11-19(12-10-18)23(21,22)20-14-16(2)13-17(3)15-20/h9-12,16-17H,4-8,13-15H2,1-3H3. The van der Waals surface area contributed by atoms with E-state index >= 15 is 0 Å². The van der Waals surface area contributed by atoms with E-state index in [1.165, 1.54) is 31.2 Å². The first-order chi connectivity index (χ1) is 10.9. The van der Waals surface area contributed by atoms with Crippen molar-refractivity contribution >= 4 is 10.0 Å². The normalized spacial score (nSPS) is 23.1. The highest BCUT2D eigenvalue weighted by atomic mass is 32.2. The summed E-state index contributed by atoms with van der Waals surface area (Å²) in [5.41, 5.74) is 1.24. The number of unbranched alkanes of at least 4 members (excludes halogenated alkanes) is 3. The van der Waals surface area contributed by atoms with Crippen molar-refractivity contribution in [2.45, 2.75) is 64.2 Å². The van der Waals surface area contributed by atoms with Crippen LogP contribution in [-0.2, 0) is 16.4 Å². The van der Waals surface area contributed by atoms with Crippen LogP contribution in [0.5, 0.6) is 0 Å². The molecule has 1 aliphatic rings. The Morgan fingerprint density at radius 1 is 1.00 bits per heavy atom. The van der Waals surface area contributed by atoms with Crippen LogP contribution in [0.4, 0.5) is 0 Å². The predicted molar refractivity (Wildman–Crippen MR) is 96.0 cm³/mol. The van der Waals surface area contributed by atoms with Crippen LogP contribution in [0.15, 0.2) is 29.2 Å². The minimum absolute atomic E-state index is 0.436. The summed E-state index contributed by atoms with van der Waals surface area (Å²) in [7, 11) is -3.34. The van der Waals surface area contributed by atoms with Crippen molar-refractivity contribution in [3.05, 3.63) is 29.8 Å². The van der Waals surface area contributed by atoms with E-state index in [4.69, 9.17) is 0 Å². The van der Waals surface area contributed by atoms with Crippen molar-refractivity contribution in [1.82, 2.24) is 4.31 Å². The lowest BCUT2D eigenvalue weighted by atomic mass is 9.94. The zero-order valence-corrected chi connectivity index (χ0v) is 15.6. The molecular weight excluding hydrogens is 306 g/mol. The zero-order valence-electron chi connectivity index (χ0n) is 14.8. The number of aryl methyl sites for hydroxylation is 1. The molecule has 0 N–H and O–H groups in total. The Labute approximate surface area is 142 Å². The highest BCUT2D eigenvalue weighted by Crippen LogP contribution is 2.26. The van der Waals surface area contributed by atoms with Crippen LogP contribution >= 0.6 is 0 Å². The molecule has 0 amide bonds. The molecule has 0 radical (unpaired) electrons. The maximum Gasteiger partial charge on any atom is 0.243 e. The molecule has 0 bridgehead atoms. The van der Waals surface area contributed by atoms with Crippen LogP contribution < -0.4 is 0 Å². The Balaban J connectivity index is 2.02. The molecule has 130 valence electrons.